The maximum Gasteiger partial charge on any atom is 0.0462 e. The van der Waals surface area contributed by atoms with E-state index in [0.717, 1.165) is 6.61 Å². The molecule has 0 aromatic rings. The molecule has 0 heterocycles. The van der Waals surface area contributed by atoms with Crippen LogP contribution in [-0.2, 0) is 4.74 Å². The van der Waals surface area contributed by atoms with E-state index in [1.165, 1.54) is 12.8 Å². The van der Waals surface area contributed by atoms with Crippen LogP contribution in [-0.4, -0.2) is 13.7 Å². The molecule has 0 bridgehead atoms. The number of rotatable bonds is 3. The van der Waals surface area contributed by atoms with E-state index in [9.17, 15) is 0 Å². The highest BCUT2D eigenvalue weighted by Crippen LogP contribution is 1.83. The second kappa shape index (κ2) is 4.96. The maximum absolute atomic E-state index is 4.78. The molecule has 0 aliphatic heterocycles. The molecule has 0 aliphatic carbocycles. The topological polar surface area (TPSA) is 9.23 Å². The van der Waals surface area contributed by atoms with Crippen LogP contribution in [0.1, 0.15) is 19.8 Å². The number of ether oxygens (including phenoxy) is 1. The van der Waals surface area contributed by atoms with E-state index >= 15 is 0 Å². The van der Waals surface area contributed by atoms with Crippen LogP contribution >= 0.6 is 0 Å². The summed E-state index contributed by atoms with van der Waals surface area (Å²) in [5.41, 5.74) is 0. The molecule has 0 atom stereocenters. The van der Waals surface area contributed by atoms with Crippen LogP contribution in [0, 0.1) is 0 Å². The summed E-state index contributed by atoms with van der Waals surface area (Å²) in [7, 11) is 1.73. The Balaban J connectivity index is 2.34. The van der Waals surface area contributed by atoms with Crippen LogP contribution in [0.2, 0.25) is 0 Å². The molecular formula is C5H12O. The fourth-order valence-corrected chi connectivity index (χ4v) is 0.289. The molecule has 0 saturated heterocycles. The predicted molar refractivity (Wildman–Crippen MR) is 26.8 cm³/mol. The van der Waals surface area contributed by atoms with Crippen molar-refractivity contribution in [3.8, 4) is 0 Å². The zero-order valence-corrected chi connectivity index (χ0v) is 4.53. The lowest BCUT2D eigenvalue weighted by molar-refractivity contribution is 0.194. The van der Waals surface area contributed by atoms with E-state index in [-0.39, 0.29) is 0 Å². The Morgan fingerprint density at radius 3 is 2.50 bits per heavy atom. The van der Waals surface area contributed by atoms with Gasteiger partial charge in [-0.05, 0) is 6.42 Å². The molecule has 1 heteroatoms. The molecule has 6 heavy (non-hydrogen) atoms. The zero-order valence-electron chi connectivity index (χ0n) is 4.53. The van der Waals surface area contributed by atoms with Crippen molar-refractivity contribution < 1.29 is 4.74 Å². The predicted octanol–water partition coefficient (Wildman–Crippen LogP) is 1.43. The van der Waals surface area contributed by atoms with E-state index < -0.39 is 0 Å². The highest BCUT2D eigenvalue weighted by atomic mass is 16.3. The fraction of sp³-hybridized carbons (Fsp3) is 1.00. The van der Waals surface area contributed by atoms with Gasteiger partial charge in [-0.2, -0.15) is 0 Å². The minimum Gasteiger partial charge on any atom is -0.385 e. The molecule has 0 amide bonds. The molecule has 0 N–H and O–H groups in total. The van der Waals surface area contributed by atoms with Crippen molar-refractivity contribution in [3.05, 3.63) is 0 Å². The van der Waals surface area contributed by atoms with Gasteiger partial charge in [-0.25, -0.2) is 0 Å². The third-order valence-corrected chi connectivity index (χ3v) is 0.702. The van der Waals surface area contributed by atoms with Crippen molar-refractivity contribution in [1.82, 2.24) is 0 Å². The highest BCUT2D eigenvalue weighted by Gasteiger charge is 1.74. The largest absolute Gasteiger partial charge is 0.385 e. The van der Waals surface area contributed by atoms with Crippen molar-refractivity contribution in [2.45, 2.75) is 19.8 Å². The summed E-state index contributed by atoms with van der Waals surface area (Å²) >= 11 is 0. The molecule has 0 unspecified atom stereocenters. The maximum atomic E-state index is 4.78. The van der Waals surface area contributed by atoms with Crippen LogP contribution in [0.25, 0.3) is 0 Å². The number of hydrogen-bond donors (Lipinski definition) is 0. The first kappa shape index (κ1) is 5.96. The van der Waals surface area contributed by atoms with Gasteiger partial charge in [0, 0.05) is 13.7 Å². The van der Waals surface area contributed by atoms with Crippen molar-refractivity contribution in [2.24, 2.45) is 0 Å². The lowest BCUT2D eigenvalue weighted by atomic mass is 0.933. The molecule has 0 aromatic carbocycles. The van der Waals surface area contributed by atoms with Gasteiger partial charge in [0.1, 0.15) is 0 Å². The first-order valence-corrected chi connectivity index (χ1v) is 2.40. The van der Waals surface area contributed by atoms with E-state index in [1.807, 2.05) is 0 Å². The van der Waals surface area contributed by atoms with Gasteiger partial charge in [0.05, 0.1) is 0 Å². The molecular weight excluding hydrogens is 65.0 g/mol. The molecule has 0 rings (SSSR count). The van der Waals surface area contributed by atoms with Gasteiger partial charge >= 0.3 is 0 Å². The highest BCUT2D eigenvalue weighted by molar-refractivity contribution is 4.26. The summed E-state index contributed by atoms with van der Waals surface area (Å²) in [5.74, 6) is 0. The summed E-state index contributed by atoms with van der Waals surface area (Å²) in [6.45, 7) is 3.07. The minimum atomic E-state index is 0.913. The van der Waals surface area contributed by atoms with Gasteiger partial charge < -0.3 is 4.74 Å². The van der Waals surface area contributed by atoms with E-state index in [1.54, 1.807) is 7.11 Å². The monoisotopic (exact) mass is 77.1 g/mol. The zero-order chi connectivity index (χ0) is 4.83. The van der Waals surface area contributed by atoms with Crippen LogP contribution in [0.3, 0.4) is 0 Å². The van der Waals surface area contributed by atoms with Crippen molar-refractivity contribution in [2.75, 3.05) is 13.7 Å². The molecule has 38 valence electrons. The summed E-state index contributed by atoms with van der Waals surface area (Å²) in [6.07, 6.45) is 2.42. The molecule has 0 fully saturated rings. The first-order chi connectivity index (χ1) is 2.91. The second-order valence-electron chi connectivity index (χ2n) is 1.35. The Morgan fingerprint density at radius 1 is 1.67 bits per heavy atom. The lowest BCUT2D eigenvalue weighted by Crippen LogP contribution is -1.84. The fourth-order valence-electron chi connectivity index (χ4n) is 0.289. The average molecular weight is 77.1 g/mol. The Kier molecular flexibility index (Phi) is 4.93. The van der Waals surface area contributed by atoms with Crippen molar-refractivity contribution in [3.63, 3.8) is 0 Å². The minimum absolute atomic E-state index is 0.913. The van der Waals surface area contributed by atoms with E-state index in [0.29, 0.717) is 0 Å². The number of hydrogen-bond acceptors (Lipinski definition) is 1. The van der Waals surface area contributed by atoms with Gasteiger partial charge in [-0.15, -0.1) is 0 Å². The molecule has 0 radical (unpaired) electrons. The Hall–Kier alpha value is -0.0400. The molecule has 0 aromatic heterocycles. The van der Waals surface area contributed by atoms with Crippen LogP contribution in [0.4, 0.5) is 0 Å². The quantitative estimate of drug-likeness (QED) is 0.463. The summed E-state index contributed by atoms with van der Waals surface area (Å²) < 4.78 is 4.78. The van der Waals surface area contributed by atoms with Gasteiger partial charge in [-0.3, -0.25) is 0 Å². The Morgan fingerprint density at radius 2 is 2.33 bits per heavy atom. The Bertz CT molecular complexity index is 15.9. The summed E-state index contributed by atoms with van der Waals surface area (Å²) in [6, 6.07) is 0. The normalized spacial score (nSPS) is 9.00. The van der Waals surface area contributed by atoms with Crippen molar-refractivity contribution in [1.29, 1.82) is 0 Å². The smallest absolute Gasteiger partial charge is 0.0462 e. The van der Waals surface area contributed by atoms with Crippen molar-refractivity contribution >= 4 is 0 Å². The second-order valence-corrected chi connectivity index (χ2v) is 1.35. The number of unbranched alkanes of at least 4 members (excludes halogenated alkanes) is 1. The SMILES string of the molecule is CCCCO[1CH3]. The first-order valence-electron chi connectivity index (χ1n) is 2.40. The number of methoxy groups -OCH3 is 1. The van der Waals surface area contributed by atoms with E-state index in [2.05, 4.69) is 6.92 Å². The van der Waals surface area contributed by atoms with Gasteiger partial charge in [0.2, 0.25) is 0 Å². The summed E-state index contributed by atoms with van der Waals surface area (Å²) in [5, 5.41) is 0. The van der Waals surface area contributed by atoms with Gasteiger partial charge in [0.15, 0.2) is 0 Å². The van der Waals surface area contributed by atoms with Gasteiger partial charge in [0.25, 0.3) is 0 Å². The Labute approximate surface area is 39.3 Å². The molecule has 0 spiro atoms. The third-order valence-electron chi connectivity index (χ3n) is 0.702. The summed E-state index contributed by atoms with van der Waals surface area (Å²) in [4.78, 5) is 0. The molecule has 1 nitrogen and oxygen atoms in total. The van der Waals surface area contributed by atoms with E-state index in [4.69, 9.17) is 4.74 Å². The molecule has 0 saturated carbocycles. The molecule has 0 aliphatic rings. The van der Waals surface area contributed by atoms with Crippen LogP contribution in [0.15, 0.2) is 0 Å². The third kappa shape index (κ3) is 3.96. The van der Waals surface area contributed by atoms with Gasteiger partial charge in [-0.1, -0.05) is 13.3 Å². The standard InChI is InChI=1S/C5H12O/c1-3-4-5-6-2/h3-5H2,1-2H3/i2-11. The van der Waals surface area contributed by atoms with Crippen LogP contribution < -0.4 is 0 Å². The lowest BCUT2D eigenvalue weighted by Gasteiger charge is -1.89. The average Bonchev–Trinajstić information content (AvgIpc) is 1.61. The van der Waals surface area contributed by atoms with Crippen LogP contribution in [0.5, 0.6) is 0 Å².